The number of hydrogen-bond donors (Lipinski definition) is 2. The number of nitrogens with one attached hydrogen (secondary N) is 1. The van der Waals surface area contributed by atoms with Crippen molar-refractivity contribution in [2.75, 3.05) is 5.73 Å². The summed E-state index contributed by atoms with van der Waals surface area (Å²) in [4.78, 5) is 3.88. The Labute approximate surface area is 114 Å². The van der Waals surface area contributed by atoms with Crippen LogP contribution in [0.15, 0.2) is 23.4 Å². The second kappa shape index (κ2) is 6.34. The number of rotatable bonds is 3. The van der Waals surface area contributed by atoms with Gasteiger partial charge in [-0.1, -0.05) is 32.1 Å². The van der Waals surface area contributed by atoms with Crippen LogP contribution in [0.4, 0.5) is 5.69 Å². The zero-order valence-corrected chi connectivity index (χ0v) is 11.8. The largest absolute Gasteiger partial charge is 0.397 e. The highest BCUT2D eigenvalue weighted by Gasteiger charge is 2.21. The topological polar surface area (TPSA) is 85.1 Å². The number of aromatic nitrogens is 1. The van der Waals surface area contributed by atoms with Crippen molar-refractivity contribution >= 4 is 15.7 Å². The fourth-order valence-corrected chi connectivity index (χ4v) is 3.64. The average Bonchev–Trinajstić information content (AvgIpc) is 2.33. The zero-order chi connectivity index (χ0) is 13.7. The third-order valence-electron chi connectivity index (χ3n) is 3.46. The number of pyridine rings is 1. The lowest BCUT2D eigenvalue weighted by molar-refractivity contribution is 0.426. The normalized spacial score (nSPS) is 18.7. The SMILES string of the molecule is Nc1ccc(S(=O)(=O)NC2CCCCCCC2)nc1. The first-order valence-corrected chi connectivity index (χ1v) is 8.30. The molecule has 6 heteroatoms. The van der Waals surface area contributed by atoms with E-state index in [1.807, 2.05) is 0 Å². The molecule has 0 aliphatic heterocycles. The Kier molecular flexibility index (Phi) is 4.76. The van der Waals surface area contributed by atoms with Gasteiger partial charge in [-0.15, -0.1) is 0 Å². The molecular weight excluding hydrogens is 262 g/mol. The molecule has 19 heavy (non-hydrogen) atoms. The number of nitrogens with two attached hydrogens (primary N) is 1. The van der Waals surface area contributed by atoms with Gasteiger partial charge in [-0.05, 0) is 25.0 Å². The summed E-state index contributed by atoms with van der Waals surface area (Å²) >= 11 is 0. The second-order valence-electron chi connectivity index (χ2n) is 5.09. The second-order valence-corrected chi connectivity index (χ2v) is 6.75. The van der Waals surface area contributed by atoms with Crippen molar-refractivity contribution < 1.29 is 8.42 Å². The van der Waals surface area contributed by atoms with Gasteiger partial charge in [-0.2, -0.15) is 0 Å². The molecule has 5 nitrogen and oxygen atoms in total. The van der Waals surface area contributed by atoms with E-state index < -0.39 is 10.0 Å². The monoisotopic (exact) mass is 283 g/mol. The van der Waals surface area contributed by atoms with E-state index in [1.165, 1.54) is 31.5 Å². The summed E-state index contributed by atoms with van der Waals surface area (Å²) in [7, 11) is -3.52. The molecule has 0 bridgehead atoms. The zero-order valence-electron chi connectivity index (χ0n) is 11.0. The van der Waals surface area contributed by atoms with Crippen LogP contribution in [0.5, 0.6) is 0 Å². The Hall–Kier alpha value is -1.14. The summed E-state index contributed by atoms with van der Waals surface area (Å²) in [5, 5.41) is 0.0451. The Morgan fingerprint density at radius 1 is 1.11 bits per heavy atom. The maximum atomic E-state index is 12.2. The molecule has 1 aromatic rings. The number of sulfonamides is 1. The first-order valence-electron chi connectivity index (χ1n) is 6.82. The van der Waals surface area contributed by atoms with E-state index in [0.717, 1.165) is 25.7 Å². The highest BCUT2D eigenvalue weighted by molar-refractivity contribution is 7.89. The molecule has 1 aromatic heterocycles. The van der Waals surface area contributed by atoms with Gasteiger partial charge >= 0.3 is 0 Å². The Bertz CT molecular complexity index is 491. The lowest BCUT2D eigenvalue weighted by Gasteiger charge is -2.20. The minimum Gasteiger partial charge on any atom is -0.397 e. The molecule has 1 heterocycles. The van der Waals surface area contributed by atoms with Gasteiger partial charge in [0.05, 0.1) is 11.9 Å². The molecule has 106 valence electrons. The highest BCUT2D eigenvalue weighted by atomic mass is 32.2. The summed E-state index contributed by atoms with van der Waals surface area (Å²) in [6, 6.07) is 3.03. The van der Waals surface area contributed by atoms with Crippen LogP contribution >= 0.6 is 0 Å². The fraction of sp³-hybridized carbons (Fsp3) is 0.615. The lowest BCUT2D eigenvalue weighted by Crippen LogP contribution is -2.35. The summed E-state index contributed by atoms with van der Waals surface area (Å²) in [5.74, 6) is 0. The molecule has 0 saturated heterocycles. The van der Waals surface area contributed by atoms with Gasteiger partial charge in [0.25, 0.3) is 10.0 Å². The van der Waals surface area contributed by atoms with Gasteiger partial charge in [0.2, 0.25) is 0 Å². The van der Waals surface area contributed by atoms with Crippen molar-refractivity contribution in [3.63, 3.8) is 0 Å². The standard InChI is InChI=1S/C13H21N3O2S/c14-11-8-9-13(15-10-11)19(17,18)16-12-6-4-2-1-3-5-7-12/h8-10,12,16H,1-7,14H2. The minimum absolute atomic E-state index is 0.0321. The summed E-state index contributed by atoms with van der Waals surface area (Å²) in [6.45, 7) is 0. The molecule has 0 amide bonds. The van der Waals surface area contributed by atoms with Gasteiger partial charge in [0.15, 0.2) is 5.03 Å². The predicted octanol–water partition coefficient (Wildman–Crippen LogP) is 2.05. The Morgan fingerprint density at radius 3 is 2.32 bits per heavy atom. The Balaban J connectivity index is 2.05. The van der Waals surface area contributed by atoms with E-state index in [-0.39, 0.29) is 11.1 Å². The molecular formula is C13H21N3O2S. The van der Waals surface area contributed by atoms with E-state index in [0.29, 0.717) is 5.69 Å². The van der Waals surface area contributed by atoms with Gasteiger partial charge in [-0.25, -0.2) is 18.1 Å². The molecule has 0 spiro atoms. The molecule has 0 aromatic carbocycles. The third kappa shape index (κ3) is 4.18. The number of anilines is 1. The van der Waals surface area contributed by atoms with Crippen molar-refractivity contribution in [2.45, 2.75) is 56.0 Å². The maximum Gasteiger partial charge on any atom is 0.258 e. The quantitative estimate of drug-likeness (QED) is 0.889. The van der Waals surface area contributed by atoms with Crippen LogP contribution in [-0.4, -0.2) is 19.4 Å². The molecule has 1 saturated carbocycles. The smallest absolute Gasteiger partial charge is 0.258 e. The molecule has 0 unspecified atom stereocenters. The van der Waals surface area contributed by atoms with Crippen LogP contribution in [0.1, 0.15) is 44.9 Å². The van der Waals surface area contributed by atoms with E-state index in [9.17, 15) is 8.42 Å². The molecule has 1 fully saturated rings. The van der Waals surface area contributed by atoms with Crippen molar-refractivity contribution in [2.24, 2.45) is 0 Å². The maximum absolute atomic E-state index is 12.2. The van der Waals surface area contributed by atoms with E-state index >= 15 is 0 Å². The fourth-order valence-electron chi connectivity index (χ4n) is 2.40. The molecule has 2 rings (SSSR count). The van der Waals surface area contributed by atoms with Gasteiger partial charge in [-0.3, -0.25) is 0 Å². The first-order chi connectivity index (χ1) is 9.08. The highest BCUT2D eigenvalue weighted by Crippen LogP contribution is 2.19. The summed E-state index contributed by atoms with van der Waals surface area (Å²) in [6.07, 6.45) is 9.01. The Morgan fingerprint density at radius 2 is 1.74 bits per heavy atom. The number of hydrogen-bond acceptors (Lipinski definition) is 4. The van der Waals surface area contributed by atoms with Crippen LogP contribution in [0.25, 0.3) is 0 Å². The van der Waals surface area contributed by atoms with E-state index in [1.54, 1.807) is 6.07 Å². The van der Waals surface area contributed by atoms with Crippen molar-refractivity contribution in [1.29, 1.82) is 0 Å². The third-order valence-corrected chi connectivity index (χ3v) is 4.90. The summed E-state index contributed by atoms with van der Waals surface area (Å²) in [5.41, 5.74) is 5.98. The number of nitrogens with zero attached hydrogens (tertiary/aromatic N) is 1. The molecule has 3 N–H and O–H groups in total. The first kappa shape index (κ1) is 14.3. The van der Waals surface area contributed by atoms with Crippen LogP contribution in [-0.2, 0) is 10.0 Å². The molecule has 0 radical (unpaired) electrons. The lowest BCUT2D eigenvalue weighted by atomic mass is 9.97. The van der Waals surface area contributed by atoms with E-state index in [4.69, 9.17) is 5.73 Å². The van der Waals surface area contributed by atoms with Crippen LogP contribution in [0, 0.1) is 0 Å². The van der Waals surface area contributed by atoms with Crippen molar-refractivity contribution in [3.05, 3.63) is 18.3 Å². The predicted molar refractivity (Wildman–Crippen MR) is 75.1 cm³/mol. The number of nitrogen functional groups attached to an aromatic ring is 1. The summed E-state index contributed by atoms with van der Waals surface area (Å²) < 4.78 is 27.2. The minimum atomic E-state index is -3.52. The van der Waals surface area contributed by atoms with E-state index in [2.05, 4.69) is 9.71 Å². The van der Waals surface area contributed by atoms with Crippen LogP contribution in [0.2, 0.25) is 0 Å². The van der Waals surface area contributed by atoms with Crippen molar-refractivity contribution in [3.8, 4) is 0 Å². The van der Waals surface area contributed by atoms with Gasteiger partial charge < -0.3 is 5.73 Å². The molecule has 0 atom stereocenters. The van der Waals surface area contributed by atoms with Crippen LogP contribution in [0.3, 0.4) is 0 Å². The van der Waals surface area contributed by atoms with Gasteiger partial charge in [0, 0.05) is 6.04 Å². The van der Waals surface area contributed by atoms with Crippen molar-refractivity contribution in [1.82, 2.24) is 9.71 Å². The van der Waals surface area contributed by atoms with Crippen LogP contribution < -0.4 is 10.5 Å². The average molecular weight is 283 g/mol. The van der Waals surface area contributed by atoms with Gasteiger partial charge in [0.1, 0.15) is 0 Å². The molecule has 1 aliphatic carbocycles. The molecule has 1 aliphatic rings.